The summed E-state index contributed by atoms with van der Waals surface area (Å²) in [6.07, 6.45) is 1.84. The molecule has 4 nitrogen and oxygen atoms in total. The predicted molar refractivity (Wildman–Crippen MR) is 191 cm³/mol. The monoisotopic (exact) mass is 696 g/mol. The molecule has 1 aliphatic carbocycles. The number of Topliss-reactive ketones (excluding diaryl/α,β-unsaturated/α-hetero) is 2. The van der Waals surface area contributed by atoms with Crippen LogP contribution in [-0.2, 0) is 10.3 Å². The van der Waals surface area contributed by atoms with Crippen molar-refractivity contribution in [3.05, 3.63) is 157 Å². The minimum atomic E-state index is -1.42. The average Bonchev–Trinajstić information content (AvgIpc) is 3.48. The Balaban J connectivity index is 1.48. The van der Waals surface area contributed by atoms with Crippen LogP contribution < -0.4 is 5.32 Å². The Morgan fingerprint density at radius 1 is 0.787 bits per heavy atom. The minimum absolute atomic E-state index is 0.120. The number of halogens is 4. The van der Waals surface area contributed by atoms with E-state index in [0.717, 1.165) is 27.5 Å². The molecule has 0 bridgehead atoms. The van der Waals surface area contributed by atoms with E-state index in [-0.39, 0.29) is 11.6 Å². The normalized spacial score (nSPS) is 26.4. The summed E-state index contributed by atoms with van der Waals surface area (Å²) in [6.45, 7) is 0.672. The molecular formula is C39H28Cl4N2O2. The van der Waals surface area contributed by atoms with E-state index in [9.17, 15) is 0 Å². The van der Waals surface area contributed by atoms with E-state index >= 15 is 9.59 Å². The van der Waals surface area contributed by atoms with Gasteiger partial charge in [0.05, 0.1) is 5.41 Å². The lowest BCUT2D eigenvalue weighted by molar-refractivity contribution is -0.132. The van der Waals surface area contributed by atoms with Gasteiger partial charge in [-0.3, -0.25) is 14.9 Å². The van der Waals surface area contributed by atoms with Gasteiger partial charge in [0.1, 0.15) is 5.54 Å². The molecule has 5 aromatic rings. The van der Waals surface area contributed by atoms with E-state index in [2.05, 4.69) is 10.2 Å². The highest BCUT2D eigenvalue weighted by atomic mass is 35.5. The number of carbonyl (C=O) groups excluding carboxylic acids is 2. The molecule has 5 aromatic carbocycles. The maximum atomic E-state index is 15.8. The standard InChI is InChI=1S/C39H28Cl4N2O2/c1-45-20-25(17-24-13-14-26(40)18-31(24)42)36(46)38(21-45)34(28-16-15-27(41)19-32(28)43)35(23-7-3-2-4-8-23)44-39(38)30-12-6-10-22-9-5-11-29(33(22)30)37(39)47/h2-19,34-35,44H,20-21H2,1H3/b25-17+/t34-,35-,38-,39-/m0/s1. The molecule has 2 spiro atoms. The lowest BCUT2D eigenvalue weighted by atomic mass is 9.54. The largest absolute Gasteiger partial charge is 0.301 e. The fraction of sp³-hybridized carbons (Fsp3) is 0.179. The van der Waals surface area contributed by atoms with E-state index in [1.165, 1.54) is 0 Å². The van der Waals surface area contributed by atoms with Crippen LogP contribution >= 0.6 is 46.4 Å². The molecule has 4 atom stereocenters. The van der Waals surface area contributed by atoms with Crippen LogP contribution in [0.15, 0.2) is 109 Å². The quantitative estimate of drug-likeness (QED) is 0.191. The lowest BCUT2D eigenvalue weighted by Crippen LogP contribution is -2.64. The number of ketones is 2. The van der Waals surface area contributed by atoms with Crippen LogP contribution in [0.2, 0.25) is 20.1 Å². The van der Waals surface area contributed by atoms with Gasteiger partial charge in [-0.25, -0.2) is 0 Å². The van der Waals surface area contributed by atoms with Gasteiger partial charge in [0, 0.05) is 56.3 Å². The Bertz CT molecular complexity index is 2160. The summed E-state index contributed by atoms with van der Waals surface area (Å²) in [5.74, 6) is -0.811. The van der Waals surface area contributed by atoms with Crippen LogP contribution in [0.3, 0.4) is 0 Å². The molecule has 0 aromatic heterocycles. The summed E-state index contributed by atoms with van der Waals surface area (Å²) in [7, 11) is 1.99. The molecule has 234 valence electrons. The van der Waals surface area contributed by atoms with Gasteiger partial charge in [-0.1, -0.05) is 125 Å². The van der Waals surface area contributed by atoms with Crippen molar-refractivity contribution in [3.8, 4) is 0 Å². The summed E-state index contributed by atoms with van der Waals surface area (Å²) >= 11 is 26.4. The van der Waals surface area contributed by atoms with Crippen molar-refractivity contribution in [2.45, 2.75) is 17.5 Å². The Kier molecular flexibility index (Phi) is 7.42. The van der Waals surface area contributed by atoms with Gasteiger partial charge in [0.25, 0.3) is 0 Å². The predicted octanol–water partition coefficient (Wildman–Crippen LogP) is 9.56. The van der Waals surface area contributed by atoms with Crippen molar-refractivity contribution in [2.75, 3.05) is 20.1 Å². The number of hydrogen-bond acceptors (Lipinski definition) is 4. The number of carbonyl (C=O) groups is 2. The maximum absolute atomic E-state index is 15.8. The first kappa shape index (κ1) is 30.8. The Morgan fingerprint density at radius 2 is 1.49 bits per heavy atom. The third kappa shape index (κ3) is 4.43. The smallest absolute Gasteiger partial charge is 0.189 e. The first-order valence-electron chi connectivity index (χ1n) is 15.4. The van der Waals surface area contributed by atoms with Crippen molar-refractivity contribution in [1.82, 2.24) is 10.2 Å². The highest BCUT2D eigenvalue weighted by Crippen LogP contribution is 2.67. The number of rotatable bonds is 3. The van der Waals surface area contributed by atoms with Crippen molar-refractivity contribution in [1.29, 1.82) is 0 Å². The molecule has 2 fully saturated rings. The molecule has 2 saturated heterocycles. The highest BCUT2D eigenvalue weighted by molar-refractivity contribution is 6.36. The highest BCUT2D eigenvalue weighted by Gasteiger charge is 2.74. The van der Waals surface area contributed by atoms with Gasteiger partial charge < -0.3 is 4.90 Å². The van der Waals surface area contributed by atoms with E-state index in [1.54, 1.807) is 24.3 Å². The zero-order valence-electron chi connectivity index (χ0n) is 25.2. The van der Waals surface area contributed by atoms with Gasteiger partial charge in [-0.2, -0.15) is 0 Å². The van der Waals surface area contributed by atoms with E-state index in [4.69, 9.17) is 46.4 Å². The van der Waals surface area contributed by atoms with Crippen molar-refractivity contribution in [2.24, 2.45) is 5.41 Å². The molecule has 47 heavy (non-hydrogen) atoms. The number of piperidine rings is 1. The van der Waals surface area contributed by atoms with Gasteiger partial charge in [0.15, 0.2) is 11.6 Å². The summed E-state index contributed by atoms with van der Waals surface area (Å²) in [4.78, 5) is 33.2. The Labute approximate surface area is 292 Å². The van der Waals surface area contributed by atoms with Crippen molar-refractivity contribution >= 4 is 74.8 Å². The number of likely N-dealkylation sites (N-methyl/N-ethyl adjacent to an activating group) is 1. The van der Waals surface area contributed by atoms with E-state index < -0.39 is 22.9 Å². The fourth-order valence-electron chi connectivity index (χ4n) is 8.50. The third-order valence-electron chi connectivity index (χ3n) is 10.2. The zero-order chi connectivity index (χ0) is 32.7. The molecule has 8 heteroatoms. The second-order valence-corrected chi connectivity index (χ2v) is 14.5. The van der Waals surface area contributed by atoms with Crippen LogP contribution in [-0.4, -0.2) is 36.6 Å². The second-order valence-electron chi connectivity index (χ2n) is 12.8. The number of nitrogens with one attached hydrogen (secondary N) is 1. The number of likely N-dealkylation sites (tertiary alicyclic amines) is 1. The number of benzene rings is 5. The Hall–Kier alpha value is -3.48. The molecule has 3 aliphatic rings. The lowest BCUT2D eigenvalue weighted by Gasteiger charge is -2.50. The summed E-state index contributed by atoms with van der Waals surface area (Å²) in [5, 5.41) is 7.58. The minimum Gasteiger partial charge on any atom is -0.301 e. The molecule has 0 unspecified atom stereocenters. The first-order chi connectivity index (χ1) is 22.7. The summed E-state index contributed by atoms with van der Waals surface area (Å²) < 4.78 is 0. The maximum Gasteiger partial charge on any atom is 0.189 e. The number of hydrogen-bond donors (Lipinski definition) is 1. The third-order valence-corrected chi connectivity index (χ3v) is 11.3. The van der Waals surface area contributed by atoms with Gasteiger partial charge in [-0.15, -0.1) is 0 Å². The molecule has 0 saturated carbocycles. The molecule has 2 heterocycles. The first-order valence-corrected chi connectivity index (χ1v) is 16.9. The van der Waals surface area contributed by atoms with Gasteiger partial charge >= 0.3 is 0 Å². The van der Waals surface area contributed by atoms with Crippen LogP contribution in [0.5, 0.6) is 0 Å². The van der Waals surface area contributed by atoms with Crippen molar-refractivity contribution in [3.63, 3.8) is 0 Å². The second kappa shape index (κ2) is 11.3. The average molecular weight is 698 g/mol. The molecule has 0 radical (unpaired) electrons. The fourth-order valence-corrected chi connectivity index (χ4v) is 9.49. The van der Waals surface area contributed by atoms with Crippen LogP contribution in [0.4, 0.5) is 0 Å². The van der Waals surface area contributed by atoms with E-state index in [1.807, 2.05) is 92.0 Å². The van der Waals surface area contributed by atoms with Gasteiger partial charge in [0.2, 0.25) is 0 Å². The topological polar surface area (TPSA) is 49.4 Å². The van der Waals surface area contributed by atoms with Gasteiger partial charge in [-0.05, 0) is 70.4 Å². The van der Waals surface area contributed by atoms with E-state index in [0.29, 0.717) is 49.9 Å². The van der Waals surface area contributed by atoms with Crippen LogP contribution in [0.1, 0.15) is 44.6 Å². The van der Waals surface area contributed by atoms with Crippen LogP contribution in [0, 0.1) is 5.41 Å². The van der Waals surface area contributed by atoms with Crippen molar-refractivity contribution < 1.29 is 9.59 Å². The molecular weight excluding hydrogens is 670 g/mol. The SMILES string of the molecule is CN1C/C(=C\c2ccc(Cl)cc2Cl)C(=O)[C@]2(C1)[C@@H](c1ccc(Cl)cc1Cl)[C@H](c1ccccc1)N[C@@]21C(=O)c2cccc3cccc1c23. The molecule has 8 rings (SSSR count). The number of fused-ring (bicyclic) bond motifs is 2. The Morgan fingerprint density at radius 3 is 2.21 bits per heavy atom. The zero-order valence-corrected chi connectivity index (χ0v) is 28.3. The number of nitrogens with zero attached hydrogens (tertiary/aromatic N) is 1. The summed E-state index contributed by atoms with van der Waals surface area (Å²) in [5.41, 5.74) is 1.56. The molecule has 2 aliphatic heterocycles. The molecule has 1 N–H and O–H groups in total. The van der Waals surface area contributed by atoms with Crippen LogP contribution in [0.25, 0.3) is 16.8 Å². The summed E-state index contributed by atoms with van der Waals surface area (Å²) in [6, 6.07) is 32.0. The molecule has 0 amide bonds.